The van der Waals surface area contributed by atoms with Crippen LogP contribution in [0.2, 0.25) is 0 Å². The number of carbonyl (C=O) groups excluding carboxylic acids is 2. The van der Waals surface area contributed by atoms with Crippen molar-refractivity contribution >= 4 is 11.8 Å². The molecule has 2 rings (SSSR count). The maximum absolute atomic E-state index is 12.3. The molecule has 1 saturated heterocycles. The summed E-state index contributed by atoms with van der Waals surface area (Å²) in [5, 5.41) is 2.67. The van der Waals surface area contributed by atoms with Crippen molar-refractivity contribution < 1.29 is 9.59 Å². The number of likely N-dealkylation sites (tertiary alicyclic amines) is 1. The van der Waals surface area contributed by atoms with Gasteiger partial charge in [0.25, 0.3) is 5.91 Å². The molecule has 6 heteroatoms. The van der Waals surface area contributed by atoms with E-state index in [0.717, 1.165) is 12.8 Å². The zero-order chi connectivity index (χ0) is 13.9. The average molecular weight is 262 g/mol. The Bertz CT molecular complexity index is 477. The molecule has 2 amide bonds. The summed E-state index contributed by atoms with van der Waals surface area (Å²) in [4.78, 5) is 33.6. The molecule has 19 heavy (non-hydrogen) atoms. The van der Waals surface area contributed by atoms with E-state index >= 15 is 0 Å². The molecule has 1 fully saturated rings. The molecular formula is C13H18N4O2. The molecule has 0 aliphatic carbocycles. The minimum atomic E-state index is -0.516. The Morgan fingerprint density at radius 3 is 2.68 bits per heavy atom. The quantitative estimate of drug-likeness (QED) is 0.840. The predicted octanol–water partition coefficient (Wildman–Crippen LogP) is 0.465. The fraction of sp³-hybridized carbons (Fsp3) is 0.538. The molecule has 0 aromatic carbocycles. The molecular weight excluding hydrogens is 244 g/mol. The molecule has 1 aliphatic rings. The lowest BCUT2D eigenvalue weighted by molar-refractivity contribution is -0.132. The van der Waals surface area contributed by atoms with Crippen LogP contribution in [0.5, 0.6) is 0 Å². The van der Waals surface area contributed by atoms with Crippen LogP contribution < -0.4 is 5.32 Å². The van der Waals surface area contributed by atoms with Gasteiger partial charge in [0, 0.05) is 32.5 Å². The second kappa shape index (κ2) is 5.34. The lowest BCUT2D eigenvalue weighted by Gasteiger charge is -2.39. The molecule has 0 saturated carbocycles. The summed E-state index contributed by atoms with van der Waals surface area (Å²) in [7, 11) is 1.62. The molecule has 2 heterocycles. The highest BCUT2D eigenvalue weighted by Gasteiger charge is 2.38. The number of amides is 2. The molecule has 102 valence electrons. The summed E-state index contributed by atoms with van der Waals surface area (Å²) in [6.45, 7) is 2.99. The molecule has 1 aromatic rings. The van der Waals surface area contributed by atoms with E-state index in [2.05, 4.69) is 15.3 Å². The van der Waals surface area contributed by atoms with Gasteiger partial charge in [-0.3, -0.25) is 9.59 Å². The first-order valence-electron chi connectivity index (χ1n) is 6.33. The van der Waals surface area contributed by atoms with Crippen LogP contribution in [0, 0.1) is 5.41 Å². The Hall–Kier alpha value is -1.98. The van der Waals surface area contributed by atoms with E-state index in [4.69, 9.17) is 0 Å². The van der Waals surface area contributed by atoms with Gasteiger partial charge in [0.2, 0.25) is 5.91 Å². The van der Waals surface area contributed by atoms with Gasteiger partial charge in [-0.2, -0.15) is 0 Å². The summed E-state index contributed by atoms with van der Waals surface area (Å²) in [5.41, 5.74) is -0.0539. The van der Waals surface area contributed by atoms with Crippen molar-refractivity contribution in [2.75, 3.05) is 20.1 Å². The highest BCUT2D eigenvalue weighted by atomic mass is 16.2. The van der Waals surface area contributed by atoms with Gasteiger partial charge in [-0.05, 0) is 19.8 Å². The fourth-order valence-corrected chi connectivity index (χ4v) is 2.49. The summed E-state index contributed by atoms with van der Waals surface area (Å²) >= 11 is 0. The molecule has 6 nitrogen and oxygen atoms in total. The maximum Gasteiger partial charge on any atom is 0.257 e. The van der Waals surface area contributed by atoms with Crippen LogP contribution in [-0.2, 0) is 4.79 Å². The number of rotatable bonds is 2. The number of aromatic nitrogens is 2. The van der Waals surface area contributed by atoms with Gasteiger partial charge < -0.3 is 10.2 Å². The highest BCUT2D eigenvalue weighted by Crippen LogP contribution is 2.30. The molecule has 0 radical (unpaired) electrons. The molecule has 0 spiro atoms. The van der Waals surface area contributed by atoms with Crippen LogP contribution in [0.15, 0.2) is 18.7 Å². The van der Waals surface area contributed by atoms with Crippen molar-refractivity contribution in [3.8, 4) is 0 Å². The zero-order valence-corrected chi connectivity index (χ0v) is 11.2. The Morgan fingerprint density at radius 2 is 2.05 bits per heavy atom. The van der Waals surface area contributed by atoms with Crippen molar-refractivity contribution in [2.45, 2.75) is 19.8 Å². The van der Waals surface area contributed by atoms with E-state index in [9.17, 15) is 9.59 Å². The van der Waals surface area contributed by atoms with Crippen LogP contribution in [0.3, 0.4) is 0 Å². The van der Waals surface area contributed by atoms with Crippen LogP contribution in [-0.4, -0.2) is 46.8 Å². The topological polar surface area (TPSA) is 75.2 Å². The predicted molar refractivity (Wildman–Crippen MR) is 69.3 cm³/mol. The molecule has 0 unspecified atom stereocenters. The fourth-order valence-electron chi connectivity index (χ4n) is 2.49. The van der Waals surface area contributed by atoms with Gasteiger partial charge >= 0.3 is 0 Å². The third kappa shape index (κ3) is 2.72. The van der Waals surface area contributed by atoms with Crippen LogP contribution in [0.4, 0.5) is 0 Å². The van der Waals surface area contributed by atoms with Gasteiger partial charge in [-0.25, -0.2) is 9.97 Å². The first-order chi connectivity index (χ1) is 9.07. The van der Waals surface area contributed by atoms with Crippen molar-refractivity contribution in [3.05, 3.63) is 24.3 Å². The molecule has 1 N–H and O–H groups in total. The first-order valence-corrected chi connectivity index (χ1v) is 6.33. The van der Waals surface area contributed by atoms with E-state index in [1.807, 2.05) is 6.92 Å². The van der Waals surface area contributed by atoms with Crippen molar-refractivity contribution in [2.24, 2.45) is 5.41 Å². The van der Waals surface area contributed by atoms with Gasteiger partial charge in [0.15, 0.2) is 0 Å². The maximum atomic E-state index is 12.3. The van der Waals surface area contributed by atoms with Crippen LogP contribution >= 0.6 is 0 Å². The molecule has 1 atom stereocenters. The summed E-state index contributed by atoms with van der Waals surface area (Å²) in [6, 6.07) is 0. The second-order valence-electron chi connectivity index (χ2n) is 5.10. The van der Waals surface area contributed by atoms with Gasteiger partial charge in [0.1, 0.15) is 6.33 Å². The number of piperidine rings is 1. The first kappa shape index (κ1) is 13.5. The Balaban J connectivity index is 2.14. The van der Waals surface area contributed by atoms with E-state index in [1.54, 1.807) is 11.9 Å². The SMILES string of the molecule is CNC(=O)[C@@]1(C)CCCN(C(=O)c2cncnc2)C1. The Labute approximate surface area is 112 Å². The van der Waals surface area contributed by atoms with Crippen LogP contribution in [0.1, 0.15) is 30.1 Å². The van der Waals surface area contributed by atoms with Crippen molar-refractivity contribution in [1.29, 1.82) is 0 Å². The van der Waals surface area contributed by atoms with Crippen molar-refractivity contribution in [3.63, 3.8) is 0 Å². The molecule has 1 aliphatic heterocycles. The third-order valence-corrected chi connectivity index (χ3v) is 3.57. The molecule has 0 bridgehead atoms. The van der Waals surface area contributed by atoms with Gasteiger partial charge in [0.05, 0.1) is 11.0 Å². The Morgan fingerprint density at radius 1 is 1.37 bits per heavy atom. The largest absolute Gasteiger partial charge is 0.359 e. The number of nitrogens with zero attached hydrogens (tertiary/aromatic N) is 3. The molecule has 1 aromatic heterocycles. The zero-order valence-electron chi connectivity index (χ0n) is 11.2. The summed E-state index contributed by atoms with van der Waals surface area (Å²) in [5.74, 6) is -0.135. The normalized spacial score (nSPS) is 22.9. The number of hydrogen-bond acceptors (Lipinski definition) is 4. The minimum Gasteiger partial charge on any atom is -0.359 e. The van der Waals surface area contributed by atoms with Crippen molar-refractivity contribution in [1.82, 2.24) is 20.2 Å². The van der Waals surface area contributed by atoms with Crippen LogP contribution in [0.25, 0.3) is 0 Å². The second-order valence-corrected chi connectivity index (χ2v) is 5.10. The van der Waals surface area contributed by atoms with Gasteiger partial charge in [-0.1, -0.05) is 0 Å². The minimum absolute atomic E-state index is 0.0192. The summed E-state index contributed by atoms with van der Waals surface area (Å²) in [6.07, 6.45) is 6.01. The highest BCUT2D eigenvalue weighted by molar-refractivity contribution is 5.94. The van der Waals surface area contributed by atoms with Gasteiger partial charge in [-0.15, -0.1) is 0 Å². The number of nitrogens with one attached hydrogen (secondary N) is 1. The van der Waals surface area contributed by atoms with E-state index < -0.39 is 5.41 Å². The third-order valence-electron chi connectivity index (χ3n) is 3.57. The number of hydrogen-bond donors (Lipinski definition) is 1. The van der Waals surface area contributed by atoms with E-state index in [0.29, 0.717) is 18.7 Å². The standard InChI is InChI=1S/C13H18N4O2/c1-13(12(19)14-2)4-3-5-17(8-13)11(18)10-6-15-9-16-7-10/h6-7,9H,3-5,8H2,1-2H3,(H,14,19)/t13-/m0/s1. The lowest BCUT2D eigenvalue weighted by atomic mass is 9.81. The number of carbonyl (C=O) groups is 2. The lowest BCUT2D eigenvalue weighted by Crippen LogP contribution is -2.51. The summed E-state index contributed by atoms with van der Waals surface area (Å²) < 4.78 is 0. The smallest absolute Gasteiger partial charge is 0.257 e. The average Bonchev–Trinajstić information content (AvgIpc) is 2.46. The van der Waals surface area contributed by atoms with E-state index in [-0.39, 0.29) is 11.8 Å². The monoisotopic (exact) mass is 262 g/mol. The van der Waals surface area contributed by atoms with E-state index in [1.165, 1.54) is 18.7 Å². The Kier molecular flexibility index (Phi) is 3.78.